The highest BCUT2D eigenvalue weighted by molar-refractivity contribution is 5.79. The third-order valence-electron chi connectivity index (χ3n) is 2.23. The predicted octanol–water partition coefficient (Wildman–Crippen LogP) is 1.31. The lowest BCUT2D eigenvalue weighted by molar-refractivity contribution is -0.122. The Morgan fingerprint density at radius 2 is 2.00 bits per heavy atom. The molecule has 2 rings (SSSR count). The Bertz CT molecular complexity index is 343. The summed E-state index contributed by atoms with van der Waals surface area (Å²) in [6.45, 7) is 3.70. The van der Waals surface area contributed by atoms with Crippen molar-refractivity contribution in [1.82, 2.24) is 10.6 Å². The summed E-state index contributed by atoms with van der Waals surface area (Å²) in [6, 6.07) is 9.95. The van der Waals surface area contributed by atoms with Crippen molar-refractivity contribution in [3.8, 4) is 0 Å². The Morgan fingerprint density at radius 1 is 1.29 bits per heavy atom. The zero-order valence-corrected chi connectivity index (χ0v) is 7.79. The Kier molecular flexibility index (Phi) is 2.23. The van der Waals surface area contributed by atoms with Crippen molar-refractivity contribution in [3.63, 3.8) is 0 Å². The van der Waals surface area contributed by atoms with E-state index in [1.54, 1.807) is 0 Å². The van der Waals surface area contributed by atoms with E-state index in [9.17, 15) is 4.79 Å². The van der Waals surface area contributed by atoms with E-state index in [-0.39, 0.29) is 11.9 Å². The standard InChI is InChI=1S/C11H12N2O/c1-8-12-10(7-11(14)13-8)9-5-3-2-4-6-9/h2-6,10,12H,1,7H2,(H,13,14). The van der Waals surface area contributed by atoms with Crippen molar-refractivity contribution in [1.29, 1.82) is 0 Å². The van der Waals surface area contributed by atoms with Crippen LogP contribution in [0.4, 0.5) is 0 Å². The van der Waals surface area contributed by atoms with Gasteiger partial charge in [-0.25, -0.2) is 0 Å². The summed E-state index contributed by atoms with van der Waals surface area (Å²) < 4.78 is 0. The number of hydrogen-bond acceptors (Lipinski definition) is 2. The van der Waals surface area contributed by atoms with E-state index < -0.39 is 0 Å². The number of carbonyl (C=O) groups excluding carboxylic acids is 1. The van der Waals surface area contributed by atoms with Crippen LogP contribution in [0, 0.1) is 0 Å². The molecule has 0 aromatic heterocycles. The minimum absolute atomic E-state index is 0.0163. The highest BCUT2D eigenvalue weighted by atomic mass is 16.1. The summed E-state index contributed by atoms with van der Waals surface area (Å²) >= 11 is 0. The van der Waals surface area contributed by atoms with Crippen LogP contribution in [0.25, 0.3) is 0 Å². The van der Waals surface area contributed by atoms with Crippen LogP contribution in [0.2, 0.25) is 0 Å². The highest BCUT2D eigenvalue weighted by Gasteiger charge is 2.21. The van der Waals surface area contributed by atoms with Gasteiger partial charge in [0.15, 0.2) is 0 Å². The van der Waals surface area contributed by atoms with E-state index in [0.29, 0.717) is 12.2 Å². The van der Waals surface area contributed by atoms with Gasteiger partial charge in [0.1, 0.15) is 0 Å². The molecule has 1 aromatic rings. The molecule has 1 atom stereocenters. The number of amides is 1. The molecule has 0 radical (unpaired) electrons. The molecule has 0 saturated carbocycles. The lowest BCUT2D eigenvalue weighted by Gasteiger charge is -2.26. The summed E-state index contributed by atoms with van der Waals surface area (Å²) in [5, 5.41) is 5.77. The molecule has 1 saturated heterocycles. The highest BCUT2D eigenvalue weighted by Crippen LogP contribution is 2.19. The maximum Gasteiger partial charge on any atom is 0.227 e. The van der Waals surface area contributed by atoms with Gasteiger partial charge in [-0.1, -0.05) is 36.9 Å². The van der Waals surface area contributed by atoms with Crippen LogP contribution in [0.3, 0.4) is 0 Å². The van der Waals surface area contributed by atoms with Crippen molar-refractivity contribution in [2.45, 2.75) is 12.5 Å². The molecular weight excluding hydrogens is 176 g/mol. The fraction of sp³-hybridized carbons (Fsp3) is 0.182. The summed E-state index contributed by atoms with van der Waals surface area (Å²) in [5.74, 6) is 0.595. The number of benzene rings is 1. The van der Waals surface area contributed by atoms with Crippen LogP contribution in [-0.4, -0.2) is 5.91 Å². The van der Waals surface area contributed by atoms with Crippen molar-refractivity contribution in [2.75, 3.05) is 0 Å². The van der Waals surface area contributed by atoms with Gasteiger partial charge in [-0.15, -0.1) is 0 Å². The molecule has 14 heavy (non-hydrogen) atoms. The fourth-order valence-electron chi connectivity index (χ4n) is 1.59. The molecule has 1 fully saturated rings. The van der Waals surface area contributed by atoms with Crippen molar-refractivity contribution >= 4 is 5.91 Å². The van der Waals surface area contributed by atoms with Gasteiger partial charge in [-0.3, -0.25) is 4.79 Å². The van der Waals surface area contributed by atoms with Gasteiger partial charge in [0, 0.05) is 0 Å². The maximum atomic E-state index is 11.2. The second kappa shape index (κ2) is 3.54. The van der Waals surface area contributed by atoms with E-state index in [1.165, 1.54) is 0 Å². The van der Waals surface area contributed by atoms with Gasteiger partial charge in [0.25, 0.3) is 0 Å². The molecule has 72 valence electrons. The fourth-order valence-corrected chi connectivity index (χ4v) is 1.59. The normalized spacial score (nSPS) is 21.3. The average Bonchev–Trinajstić information content (AvgIpc) is 2.18. The van der Waals surface area contributed by atoms with E-state index >= 15 is 0 Å². The Morgan fingerprint density at radius 3 is 2.64 bits per heavy atom. The monoisotopic (exact) mass is 188 g/mol. The lowest BCUT2D eigenvalue weighted by Crippen LogP contribution is -2.41. The quantitative estimate of drug-likeness (QED) is 0.697. The molecule has 3 nitrogen and oxygen atoms in total. The molecule has 0 aliphatic carbocycles. The molecule has 0 spiro atoms. The Labute approximate surface area is 82.8 Å². The van der Waals surface area contributed by atoms with Crippen LogP contribution in [0.15, 0.2) is 42.7 Å². The van der Waals surface area contributed by atoms with Crippen LogP contribution in [-0.2, 0) is 4.79 Å². The topological polar surface area (TPSA) is 41.1 Å². The van der Waals surface area contributed by atoms with E-state index in [0.717, 1.165) is 5.56 Å². The van der Waals surface area contributed by atoms with Gasteiger partial charge in [-0.2, -0.15) is 0 Å². The minimum atomic E-state index is 0.0163. The van der Waals surface area contributed by atoms with Gasteiger partial charge < -0.3 is 10.6 Å². The van der Waals surface area contributed by atoms with E-state index in [1.807, 2.05) is 30.3 Å². The molecule has 1 heterocycles. The second-order valence-corrected chi connectivity index (χ2v) is 3.34. The summed E-state index contributed by atoms with van der Waals surface area (Å²) in [7, 11) is 0. The molecule has 1 aliphatic rings. The van der Waals surface area contributed by atoms with Crippen LogP contribution < -0.4 is 10.6 Å². The molecule has 1 unspecified atom stereocenters. The SMILES string of the molecule is C=C1NC(=O)CC(c2ccccc2)N1. The average molecular weight is 188 g/mol. The first kappa shape index (κ1) is 8.81. The second-order valence-electron chi connectivity index (χ2n) is 3.34. The van der Waals surface area contributed by atoms with Crippen LogP contribution >= 0.6 is 0 Å². The van der Waals surface area contributed by atoms with Gasteiger partial charge in [-0.05, 0) is 5.56 Å². The van der Waals surface area contributed by atoms with Gasteiger partial charge in [0.2, 0.25) is 5.91 Å². The largest absolute Gasteiger partial charge is 0.365 e. The summed E-state index contributed by atoms with van der Waals surface area (Å²) in [4.78, 5) is 11.2. The first-order chi connectivity index (χ1) is 6.75. The molecular formula is C11H12N2O. The van der Waals surface area contributed by atoms with Gasteiger partial charge in [0.05, 0.1) is 18.3 Å². The first-order valence-corrected chi connectivity index (χ1v) is 4.56. The van der Waals surface area contributed by atoms with Crippen molar-refractivity contribution < 1.29 is 4.79 Å². The van der Waals surface area contributed by atoms with Gasteiger partial charge >= 0.3 is 0 Å². The predicted molar refractivity (Wildman–Crippen MR) is 54.2 cm³/mol. The molecule has 0 bridgehead atoms. The van der Waals surface area contributed by atoms with Crippen LogP contribution in [0.5, 0.6) is 0 Å². The van der Waals surface area contributed by atoms with E-state index in [4.69, 9.17) is 0 Å². The molecule has 3 heteroatoms. The third kappa shape index (κ3) is 1.76. The number of rotatable bonds is 1. The van der Waals surface area contributed by atoms with E-state index in [2.05, 4.69) is 17.2 Å². The summed E-state index contributed by atoms with van der Waals surface area (Å²) in [5.41, 5.74) is 1.11. The molecule has 1 aromatic carbocycles. The zero-order chi connectivity index (χ0) is 9.97. The number of hydrogen-bond donors (Lipinski definition) is 2. The number of nitrogens with one attached hydrogen (secondary N) is 2. The smallest absolute Gasteiger partial charge is 0.227 e. The number of carbonyl (C=O) groups is 1. The molecule has 2 N–H and O–H groups in total. The third-order valence-corrected chi connectivity index (χ3v) is 2.23. The Balaban J connectivity index is 2.19. The Hall–Kier alpha value is -1.77. The lowest BCUT2D eigenvalue weighted by atomic mass is 10.0. The molecule has 1 amide bonds. The van der Waals surface area contributed by atoms with Crippen molar-refractivity contribution in [3.05, 3.63) is 48.3 Å². The summed E-state index contributed by atoms with van der Waals surface area (Å²) in [6.07, 6.45) is 0.461. The minimum Gasteiger partial charge on any atom is -0.365 e. The maximum absolute atomic E-state index is 11.2. The van der Waals surface area contributed by atoms with Crippen LogP contribution in [0.1, 0.15) is 18.0 Å². The zero-order valence-electron chi connectivity index (χ0n) is 7.79. The molecule has 1 aliphatic heterocycles. The van der Waals surface area contributed by atoms with Crippen molar-refractivity contribution in [2.24, 2.45) is 0 Å². The first-order valence-electron chi connectivity index (χ1n) is 4.56.